The molecular weight excluding hydrogens is 408 g/mol. The SMILES string of the molecule is Cc1cccc(Cn2cccc2CN(Cc2ccc(Br)cc2)C(C)C(C)C)c1. The van der Waals surface area contributed by atoms with E-state index in [1.54, 1.807) is 0 Å². The summed E-state index contributed by atoms with van der Waals surface area (Å²) in [7, 11) is 0. The van der Waals surface area contributed by atoms with Crippen LogP contribution >= 0.6 is 15.9 Å². The number of aromatic nitrogens is 1. The number of benzene rings is 2. The van der Waals surface area contributed by atoms with E-state index < -0.39 is 0 Å². The summed E-state index contributed by atoms with van der Waals surface area (Å²) in [6.07, 6.45) is 2.20. The highest BCUT2D eigenvalue weighted by atomic mass is 79.9. The molecular formula is C25H31BrN2. The van der Waals surface area contributed by atoms with Crippen molar-refractivity contribution in [1.82, 2.24) is 9.47 Å². The molecule has 28 heavy (non-hydrogen) atoms. The Morgan fingerprint density at radius 1 is 0.893 bits per heavy atom. The highest BCUT2D eigenvalue weighted by Gasteiger charge is 2.19. The standard InChI is InChI=1S/C25H31BrN2/c1-19(2)21(4)28(16-22-10-12-24(26)13-11-22)18-25-9-6-14-27(25)17-23-8-5-7-20(3)15-23/h5-15,19,21H,16-18H2,1-4H3. The van der Waals surface area contributed by atoms with Crippen molar-refractivity contribution in [3.05, 3.63) is 93.7 Å². The van der Waals surface area contributed by atoms with Crippen LogP contribution in [0.15, 0.2) is 71.3 Å². The van der Waals surface area contributed by atoms with E-state index in [0.717, 1.165) is 24.1 Å². The van der Waals surface area contributed by atoms with Crippen molar-refractivity contribution >= 4 is 15.9 Å². The van der Waals surface area contributed by atoms with Gasteiger partial charge in [-0.15, -0.1) is 0 Å². The minimum absolute atomic E-state index is 0.506. The quantitative estimate of drug-likeness (QED) is 0.381. The van der Waals surface area contributed by atoms with E-state index in [0.29, 0.717) is 12.0 Å². The van der Waals surface area contributed by atoms with Gasteiger partial charge in [0.2, 0.25) is 0 Å². The maximum Gasteiger partial charge on any atom is 0.0473 e. The monoisotopic (exact) mass is 438 g/mol. The van der Waals surface area contributed by atoms with Crippen LogP contribution in [0.4, 0.5) is 0 Å². The van der Waals surface area contributed by atoms with Crippen molar-refractivity contribution in [2.75, 3.05) is 0 Å². The smallest absolute Gasteiger partial charge is 0.0473 e. The zero-order chi connectivity index (χ0) is 20.1. The summed E-state index contributed by atoms with van der Waals surface area (Å²) < 4.78 is 3.52. The van der Waals surface area contributed by atoms with Crippen LogP contribution in [-0.4, -0.2) is 15.5 Å². The predicted octanol–water partition coefficient (Wildman–Crippen LogP) is 6.65. The Morgan fingerprint density at radius 3 is 2.32 bits per heavy atom. The van der Waals surface area contributed by atoms with Gasteiger partial charge in [0.1, 0.15) is 0 Å². The Labute approximate surface area is 178 Å². The van der Waals surface area contributed by atoms with Crippen LogP contribution in [0.3, 0.4) is 0 Å². The normalized spacial score (nSPS) is 12.7. The molecule has 148 valence electrons. The van der Waals surface area contributed by atoms with Gasteiger partial charge in [0.05, 0.1) is 0 Å². The first-order valence-electron chi connectivity index (χ1n) is 10.1. The lowest BCUT2D eigenvalue weighted by molar-refractivity contribution is 0.148. The lowest BCUT2D eigenvalue weighted by Gasteiger charge is -2.32. The molecule has 0 bridgehead atoms. The van der Waals surface area contributed by atoms with Gasteiger partial charge in [-0.05, 0) is 55.2 Å². The summed E-state index contributed by atoms with van der Waals surface area (Å²) in [5.41, 5.74) is 5.39. The molecule has 0 radical (unpaired) electrons. The summed E-state index contributed by atoms with van der Waals surface area (Å²) in [6.45, 7) is 12.0. The molecule has 3 aromatic rings. The van der Waals surface area contributed by atoms with E-state index in [4.69, 9.17) is 0 Å². The molecule has 0 amide bonds. The number of halogens is 1. The Kier molecular flexibility index (Phi) is 7.14. The van der Waals surface area contributed by atoms with Crippen LogP contribution < -0.4 is 0 Å². The van der Waals surface area contributed by atoms with Gasteiger partial charge in [0.25, 0.3) is 0 Å². The largest absolute Gasteiger partial charge is 0.346 e. The number of hydrogen-bond acceptors (Lipinski definition) is 1. The zero-order valence-electron chi connectivity index (χ0n) is 17.4. The first kappa shape index (κ1) is 20.9. The van der Waals surface area contributed by atoms with E-state index in [1.807, 2.05) is 0 Å². The van der Waals surface area contributed by atoms with E-state index in [2.05, 4.69) is 120 Å². The summed E-state index contributed by atoms with van der Waals surface area (Å²) >= 11 is 3.54. The van der Waals surface area contributed by atoms with Gasteiger partial charge in [-0.3, -0.25) is 4.90 Å². The topological polar surface area (TPSA) is 8.17 Å². The summed E-state index contributed by atoms with van der Waals surface area (Å²) in [6, 6.07) is 22.4. The van der Waals surface area contributed by atoms with Crippen molar-refractivity contribution in [1.29, 1.82) is 0 Å². The number of rotatable bonds is 8. The van der Waals surface area contributed by atoms with Gasteiger partial charge in [-0.2, -0.15) is 0 Å². The lowest BCUT2D eigenvalue weighted by Crippen LogP contribution is -2.36. The van der Waals surface area contributed by atoms with Gasteiger partial charge in [0, 0.05) is 42.0 Å². The molecule has 0 fully saturated rings. The van der Waals surface area contributed by atoms with Crippen LogP contribution in [0.5, 0.6) is 0 Å². The Morgan fingerprint density at radius 2 is 1.64 bits per heavy atom. The fourth-order valence-corrected chi connectivity index (χ4v) is 3.82. The van der Waals surface area contributed by atoms with E-state index in [-0.39, 0.29) is 0 Å². The molecule has 3 rings (SSSR count). The van der Waals surface area contributed by atoms with E-state index in [1.165, 1.54) is 22.4 Å². The van der Waals surface area contributed by atoms with Crippen LogP contribution in [0.25, 0.3) is 0 Å². The molecule has 0 aliphatic carbocycles. The zero-order valence-corrected chi connectivity index (χ0v) is 19.0. The average molecular weight is 439 g/mol. The fourth-order valence-electron chi connectivity index (χ4n) is 3.55. The van der Waals surface area contributed by atoms with Gasteiger partial charge >= 0.3 is 0 Å². The maximum absolute atomic E-state index is 3.54. The first-order valence-corrected chi connectivity index (χ1v) is 10.9. The Balaban J connectivity index is 1.79. The van der Waals surface area contributed by atoms with Crippen molar-refractivity contribution in [2.45, 2.75) is 53.4 Å². The van der Waals surface area contributed by atoms with Gasteiger partial charge in [-0.25, -0.2) is 0 Å². The summed E-state index contributed by atoms with van der Waals surface area (Å²) in [4.78, 5) is 2.59. The van der Waals surface area contributed by atoms with E-state index in [9.17, 15) is 0 Å². The molecule has 1 atom stereocenters. The second kappa shape index (κ2) is 9.58. The second-order valence-electron chi connectivity index (χ2n) is 8.13. The Hall–Kier alpha value is -1.84. The maximum atomic E-state index is 3.54. The van der Waals surface area contributed by atoms with Crippen LogP contribution in [-0.2, 0) is 19.6 Å². The first-order chi connectivity index (χ1) is 13.4. The van der Waals surface area contributed by atoms with Crippen molar-refractivity contribution < 1.29 is 0 Å². The molecule has 1 heterocycles. The number of aryl methyl sites for hydroxylation is 1. The molecule has 0 saturated heterocycles. The van der Waals surface area contributed by atoms with Crippen molar-refractivity contribution in [2.24, 2.45) is 5.92 Å². The summed E-state index contributed by atoms with van der Waals surface area (Å²) in [5, 5.41) is 0. The molecule has 0 aliphatic rings. The van der Waals surface area contributed by atoms with Crippen LogP contribution in [0.2, 0.25) is 0 Å². The number of nitrogens with zero attached hydrogens (tertiary/aromatic N) is 2. The minimum atomic E-state index is 0.506. The fraction of sp³-hybridized carbons (Fsp3) is 0.360. The van der Waals surface area contributed by atoms with Crippen molar-refractivity contribution in [3.63, 3.8) is 0 Å². The third-order valence-electron chi connectivity index (χ3n) is 5.56. The molecule has 0 saturated carbocycles. The highest BCUT2D eigenvalue weighted by Crippen LogP contribution is 2.20. The minimum Gasteiger partial charge on any atom is -0.346 e. The molecule has 2 aromatic carbocycles. The van der Waals surface area contributed by atoms with Crippen LogP contribution in [0.1, 0.15) is 43.2 Å². The molecule has 0 spiro atoms. The predicted molar refractivity (Wildman–Crippen MR) is 122 cm³/mol. The van der Waals surface area contributed by atoms with E-state index >= 15 is 0 Å². The molecule has 2 nitrogen and oxygen atoms in total. The average Bonchev–Trinajstić information content (AvgIpc) is 3.09. The highest BCUT2D eigenvalue weighted by molar-refractivity contribution is 9.10. The Bertz CT molecular complexity index is 880. The van der Waals surface area contributed by atoms with Crippen molar-refractivity contribution in [3.8, 4) is 0 Å². The number of hydrogen-bond donors (Lipinski definition) is 0. The molecule has 1 aromatic heterocycles. The molecule has 3 heteroatoms. The summed E-state index contributed by atoms with van der Waals surface area (Å²) in [5.74, 6) is 0.607. The molecule has 1 unspecified atom stereocenters. The molecule has 0 N–H and O–H groups in total. The molecule has 0 aliphatic heterocycles. The third-order valence-corrected chi connectivity index (χ3v) is 6.09. The second-order valence-corrected chi connectivity index (χ2v) is 9.05. The van der Waals surface area contributed by atoms with Gasteiger partial charge < -0.3 is 4.57 Å². The van der Waals surface area contributed by atoms with Gasteiger partial charge in [0.15, 0.2) is 0 Å². The third kappa shape index (κ3) is 5.59. The van der Waals surface area contributed by atoms with Crippen LogP contribution in [0, 0.1) is 12.8 Å². The van der Waals surface area contributed by atoms with Gasteiger partial charge in [-0.1, -0.05) is 71.7 Å². The lowest BCUT2D eigenvalue weighted by atomic mass is 10.0.